The van der Waals surface area contributed by atoms with Crippen LogP contribution in [0.4, 0.5) is 26.3 Å². The average molecular weight is 357 g/mol. The van der Waals surface area contributed by atoms with E-state index in [-0.39, 0.29) is 12.4 Å². The summed E-state index contributed by atoms with van der Waals surface area (Å²) in [6, 6.07) is -1.16. The quantitative estimate of drug-likeness (QED) is 0.734. The van der Waals surface area contributed by atoms with Crippen LogP contribution in [-0.4, -0.2) is 42.3 Å². The van der Waals surface area contributed by atoms with Crippen LogP contribution in [0.1, 0.15) is 27.2 Å². The van der Waals surface area contributed by atoms with Gasteiger partial charge in [-0.3, -0.25) is 4.79 Å². The molecular formula is C12H19ClF6N2O. The highest BCUT2D eigenvalue weighted by Crippen LogP contribution is 2.55. The number of likely N-dealkylation sites (tertiary alicyclic amines) is 1. The number of alkyl halides is 6. The Balaban J connectivity index is 0.00000441. The largest absolute Gasteiger partial charge is 0.404 e. The van der Waals surface area contributed by atoms with Crippen molar-refractivity contribution in [3.05, 3.63) is 0 Å². The van der Waals surface area contributed by atoms with Crippen LogP contribution in [0, 0.1) is 10.8 Å². The third-order valence-electron chi connectivity index (χ3n) is 3.87. The molecule has 22 heavy (non-hydrogen) atoms. The predicted molar refractivity (Wildman–Crippen MR) is 70.4 cm³/mol. The minimum Gasteiger partial charge on any atom is -0.340 e. The van der Waals surface area contributed by atoms with Crippen LogP contribution < -0.4 is 5.73 Å². The number of nitrogens with zero attached hydrogens (tertiary/aromatic N) is 1. The third-order valence-corrected chi connectivity index (χ3v) is 3.87. The van der Waals surface area contributed by atoms with E-state index in [2.05, 4.69) is 0 Å². The smallest absolute Gasteiger partial charge is 0.340 e. The number of hydrogen-bond donors (Lipinski definition) is 1. The Morgan fingerprint density at radius 3 is 1.77 bits per heavy atom. The lowest BCUT2D eigenvalue weighted by molar-refractivity contribution is -0.334. The molecule has 1 aliphatic heterocycles. The zero-order chi connectivity index (χ0) is 16.9. The molecule has 1 aliphatic rings. The standard InChI is InChI=1S/C12H18F6N2O.ClH/c1-9(2,3)7(19)8(21)20-5-4-10(6-20,11(13,14)15)12(16,17)18;/h7H,4-6,19H2,1-3H3;1H/t7-;/m1./s1. The zero-order valence-corrected chi connectivity index (χ0v) is 13.1. The van der Waals surface area contributed by atoms with Gasteiger partial charge in [0.25, 0.3) is 0 Å². The summed E-state index contributed by atoms with van der Waals surface area (Å²) in [4.78, 5) is 12.6. The first-order valence-corrected chi connectivity index (χ1v) is 6.31. The number of halogens is 7. The number of rotatable bonds is 1. The maximum absolute atomic E-state index is 12.9. The van der Waals surface area contributed by atoms with Crippen molar-refractivity contribution in [2.24, 2.45) is 16.6 Å². The van der Waals surface area contributed by atoms with Crippen LogP contribution in [0.3, 0.4) is 0 Å². The Kier molecular flexibility index (Phi) is 5.88. The Hall–Kier alpha value is -0.700. The molecule has 10 heteroatoms. The summed E-state index contributed by atoms with van der Waals surface area (Å²) in [6.45, 7) is 2.73. The second-order valence-corrected chi connectivity index (χ2v) is 6.43. The summed E-state index contributed by atoms with van der Waals surface area (Å²) in [5.41, 5.74) is 1.01. The molecule has 0 radical (unpaired) electrons. The summed E-state index contributed by atoms with van der Waals surface area (Å²) in [5, 5.41) is 0. The lowest BCUT2D eigenvalue weighted by Gasteiger charge is -2.34. The van der Waals surface area contributed by atoms with Gasteiger partial charge in [0.05, 0.1) is 6.04 Å². The Labute approximate surface area is 130 Å². The second kappa shape index (κ2) is 6.07. The summed E-state index contributed by atoms with van der Waals surface area (Å²) in [7, 11) is 0. The van der Waals surface area contributed by atoms with E-state index in [4.69, 9.17) is 5.73 Å². The molecule has 0 bridgehead atoms. The summed E-state index contributed by atoms with van der Waals surface area (Å²) < 4.78 is 77.4. The highest BCUT2D eigenvalue weighted by atomic mass is 35.5. The molecule has 1 amide bonds. The molecule has 1 atom stereocenters. The second-order valence-electron chi connectivity index (χ2n) is 6.43. The SMILES string of the molecule is CC(C)(C)[C@H](N)C(=O)N1CCC(C(F)(F)F)(C(F)(F)F)C1.Cl. The first kappa shape index (κ1) is 21.3. The molecule has 0 aromatic rings. The van der Waals surface area contributed by atoms with Crippen molar-refractivity contribution in [1.82, 2.24) is 4.90 Å². The van der Waals surface area contributed by atoms with Crippen LogP contribution in [0.15, 0.2) is 0 Å². The molecule has 0 aromatic heterocycles. The van der Waals surface area contributed by atoms with Gasteiger partial charge < -0.3 is 10.6 Å². The van der Waals surface area contributed by atoms with E-state index < -0.39 is 54.6 Å². The van der Waals surface area contributed by atoms with E-state index in [1.54, 1.807) is 20.8 Å². The van der Waals surface area contributed by atoms with Crippen molar-refractivity contribution >= 4 is 18.3 Å². The number of hydrogen-bond acceptors (Lipinski definition) is 2. The van der Waals surface area contributed by atoms with Gasteiger partial charge in [-0.1, -0.05) is 20.8 Å². The van der Waals surface area contributed by atoms with E-state index in [1.165, 1.54) is 0 Å². The van der Waals surface area contributed by atoms with Gasteiger partial charge in [0, 0.05) is 13.1 Å². The topological polar surface area (TPSA) is 46.3 Å². The third kappa shape index (κ3) is 3.61. The molecule has 3 nitrogen and oxygen atoms in total. The number of carbonyl (C=O) groups excluding carboxylic acids is 1. The molecule has 132 valence electrons. The van der Waals surface area contributed by atoms with Gasteiger partial charge in [-0.05, 0) is 11.8 Å². The summed E-state index contributed by atoms with van der Waals surface area (Å²) >= 11 is 0. The van der Waals surface area contributed by atoms with Crippen LogP contribution in [-0.2, 0) is 4.79 Å². The normalized spacial score (nSPS) is 20.5. The number of nitrogens with two attached hydrogens (primary N) is 1. The molecule has 0 unspecified atom stereocenters. The molecule has 2 N–H and O–H groups in total. The van der Waals surface area contributed by atoms with Gasteiger partial charge in [0.15, 0.2) is 5.41 Å². The molecular weight excluding hydrogens is 338 g/mol. The summed E-state index contributed by atoms with van der Waals surface area (Å²) in [5.74, 6) is -0.891. The molecule has 1 heterocycles. The molecule has 0 saturated carbocycles. The molecule has 0 aromatic carbocycles. The van der Waals surface area contributed by atoms with Crippen LogP contribution in [0.5, 0.6) is 0 Å². The number of amides is 1. The van der Waals surface area contributed by atoms with E-state index in [0.29, 0.717) is 4.90 Å². The monoisotopic (exact) mass is 356 g/mol. The van der Waals surface area contributed by atoms with Gasteiger partial charge in [0.1, 0.15) is 0 Å². The maximum atomic E-state index is 12.9. The van der Waals surface area contributed by atoms with E-state index in [1.807, 2.05) is 0 Å². The minimum atomic E-state index is -5.47. The van der Waals surface area contributed by atoms with Crippen LogP contribution in [0.25, 0.3) is 0 Å². The van der Waals surface area contributed by atoms with Gasteiger partial charge in [-0.15, -0.1) is 12.4 Å². The zero-order valence-electron chi connectivity index (χ0n) is 12.3. The highest BCUT2D eigenvalue weighted by Gasteiger charge is 2.73. The molecule has 0 aliphatic carbocycles. The van der Waals surface area contributed by atoms with Crippen molar-refractivity contribution in [3.63, 3.8) is 0 Å². The fourth-order valence-electron chi connectivity index (χ4n) is 2.19. The van der Waals surface area contributed by atoms with Crippen molar-refractivity contribution in [3.8, 4) is 0 Å². The Morgan fingerprint density at radius 1 is 1.09 bits per heavy atom. The van der Waals surface area contributed by atoms with Gasteiger partial charge >= 0.3 is 12.4 Å². The summed E-state index contributed by atoms with van der Waals surface area (Å²) in [6.07, 6.45) is -12.1. The fourth-order valence-corrected chi connectivity index (χ4v) is 2.19. The first-order chi connectivity index (χ1) is 9.13. The lowest BCUT2D eigenvalue weighted by Crippen LogP contribution is -2.54. The van der Waals surface area contributed by atoms with Gasteiger partial charge in [0.2, 0.25) is 5.91 Å². The predicted octanol–water partition coefficient (Wildman–Crippen LogP) is 3.12. The lowest BCUT2D eigenvalue weighted by atomic mass is 9.85. The van der Waals surface area contributed by atoms with Crippen LogP contribution in [0.2, 0.25) is 0 Å². The van der Waals surface area contributed by atoms with Crippen molar-refractivity contribution < 1.29 is 31.1 Å². The Morgan fingerprint density at radius 2 is 1.50 bits per heavy atom. The van der Waals surface area contributed by atoms with Gasteiger partial charge in [-0.25, -0.2) is 0 Å². The van der Waals surface area contributed by atoms with Gasteiger partial charge in [-0.2, -0.15) is 26.3 Å². The first-order valence-electron chi connectivity index (χ1n) is 6.31. The van der Waals surface area contributed by atoms with Crippen molar-refractivity contribution in [2.45, 2.75) is 45.6 Å². The number of carbonyl (C=O) groups is 1. The molecule has 1 saturated heterocycles. The molecule has 0 spiro atoms. The van der Waals surface area contributed by atoms with E-state index >= 15 is 0 Å². The van der Waals surface area contributed by atoms with Crippen molar-refractivity contribution in [1.29, 1.82) is 0 Å². The minimum absolute atomic E-state index is 0. The molecule has 1 fully saturated rings. The van der Waals surface area contributed by atoms with E-state index in [9.17, 15) is 31.1 Å². The van der Waals surface area contributed by atoms with Crippen LogP contribution >= 0.6 is 12.4 Å². The fraction of sp³-hybridized carbons (Fsp3) is 0.917. The van der Waals surface area contributed by atoms with Crippen molar-refractivity contribution in [2.75, 3.05) is 13.1 Å². The average Bonchev–Trinajstić information content (AvgIpc) is 2.70. The Bertz CT molecular complexity index is 401. The highest BCUT2D eigenvalue weighted by molar-refractivity contribution is 5.85. The maximum Gasteiger partial charge on any atom is 0.404 e. The van der Waals surface area contributed by atoms with E-state index in [0.717, 1.165) is 0 Å². The molecule has 1 rings (SSSR count).